The van der Waals surface area contributed by atoms with Crippen molar-refractivity contribution in [2.24, 2.45) is 0 Å². The second-order valence-corrected chi connectivity index (χ2v) is 4.89. The number of anilines is 1. The summed E-state index contributed by atoms with van der Waals surface area (Å²) in [4.78, 5) is 23.1. The number of carbonyl (C=O) groups is 2. The Morgan fingerprint density at radius 2 is 1.95 bits per heavy atom. The highest BCUT2D eigenvalue weighted by molar-refractivity contribution is 6.31. The number of benzene rings is 1. The van der Waals surface area contributed by atoms with Crippen LogP contribution in [-0.2, 0) is 9.59 Å². The van der Waals surface area contributed by atoms with Gasteiger partial charge in [0.1, 0.15) is 5.75 Å². The molecule has 0 radical (unpaired) electrons. The number of methoxy groups -OCH3 is 1. The van der Waals surface area contributed by atoms with Crippen molar-refractivity contribution in [2.75, 3.05) is 32.6 Å². The van der Waals surface area contributed by atoms with E-state index >= 15 is 0 Å². The Morgan fingerprint density at radius 3 is 2.55 bits per heavy atom. The maximum absolute atomic E-state index is 11.8. The predicted octanol–water partition coefficient (Wildman–Crippen LogP) is 1.74. The van der Waals surface area contributed by atoms with Gasteiger partial charge in [0, 0.05) is 24.1 Å². The molecule has 0 saturated heterocycles. The predicted molar refractivity (Wildman–Crippen MR) is 90.2 cm³/mol. The number of likely N-dealkylation sites (N-methyl/N-ethyl adjacent to an activating group) is 1. The summed E-state index contributed by atoms with van der Waals surface area (Å²) in [5, 5.41) is 8.68. The molecule has 0 atom stereocenters. The van der Waals surface area contributed by atoms with E-state index in [0.29, 0.717) is 16.5 Å². The van der Waals surface area contributed by atoms with Gasteiger partial charge >= 0.3 is 0 Å². The first-order valence-corrected chi connectivity index (χ1v) is 6.91. The van der Waals surface area contributed by atoms with Gasteiger partial charge in [-0.25, -0.2) is 0 Å². The molecule has 0 aliphatic carbocycles. The molecule has 0 heterocycles. The lowest BCUT2D eigenvalue weighted by Gasteiger charge is -2.12. The summed E-state index contributed by atoms with van der Waals surface area (Å²) in [6.07, 6.45) is 0.181. The lowest BCUT2D eigenvalue weighted by molar-refractivity contribution is -0.120. The van der Waals surface area contributed by atoms with Crippen LogP contribution in [0, 0.1) is 6.92 Å². The van der Waals surface area contributed by atoms with Gasteiger partial charge < -0.3 is 20.7 Å². The van der Waals surface area contributed by atoms with Crippen LogP contribution in [0.3, 0.4) is 0 Å². The highest BCUT2D eigenvalue weighted by atomic mass is 35.5. The minimum absolute atomic E-state index is 0. The van der Waals surface area contributed by atoms with Crippen molar-refractivity contribution < 1.29 is 14.3 Å². The van der Waals surface area contributed by atoms with E-state index in [2.05, 4.69) is 16.0 Å². The second kappa shape index (κ2) is 10.3. The molecule has 0 saturated carbocycles. The molecule has 0 aliphatic heterocycles. The highest BCUT2D eigenvalue weighted by Gasteiger charge is 2.10. The summed E-state index contributed by atoms with van der Waals surface area (Å²) in [5.41, 5.74) is 1.40. The van der Waals surface area contributed by atoms with Crippen LogP contribution in [0.1, 0.15) is 12.0 Å². The van der Waals surface area contributed by atoms with Gasteiger partial charge in [-0.15, -0.1) is 12.4 Å². The van der Waals surface area contributed by atoms with Gasteiger partial charge in [-0.2, -0.15) is 0 Å². The number of hydrogen-bond acceptors (Lipinski definition) is 4. The quantitative estimate of drug-likeness (QED) is 0.700. The maximum atomic E-state index is 11.8. The Labute approximate surface area is 141 Å². The molecule has 1 rings (SSSR count). The van der Waals surface area contributed by atoms with Gasteiger partial charge in [-0.05, 0) is 25.6 Å². The van der Waals surface area contributed by atoms with E-state index in [4.69, 9.17) is 16.3 Å². The minimum Gasteiger partial charge on any atom is -0.495 e. The molecule has 124 valence electrons. The summed E-state index contributed by atoms with van der Waals surface area (Å²) < 4.78 is 5.18. The van der Waals surface area contributed by atoms with Crippen LogP contribution in [-0.4, -0.2) is 39.1 Å². The van der Waals surface area contributed by atoms with Gasteiger partial charge in [-0.3, -0.25) is 9.59 Å². The van der Waals surface area contributed by atoms with Gasteiger partial charge in [-0.1, -0.05) is 11.6 Å². The zero-order valence-electron chi connectivity index (χ0n) is 12.8. The third-order valence-corrected chi connectivity index (χ3v) is 3.17. The first-order valence-electron chi connectivity index (χ1n) is 6.53. The number of rotatable bonds is 7. The summed E-state index contributed by atoms with van der Waals surface area (Å²) in [6.45, 7) is 2.35. The van der Waals surface area contributed by atoms with Crippen LogP contribution < -0.4 is 20.7 Å². The zero-order chi connectivity index (χ0) is 15.8. The first-order chi connectivity index (χ1) is 9.97. The smallest absolute Gasteiger partial charge is 0.233 e. The van der Waals surface area contributed by atoms with Crippen LogP contribution >= 0.6 is 24.0 Å². The van der Waals surface area contributed by atoms with E-state index in [1.807, 2.05) is 6.92 Å². The number of nitrogens with one attached hydrogen (secondary N) is 3. The van der Waals surface area contributed by atoms with Crippen molar-refractivity contribution in [3.05, 3.63) is 22.7 Å². The number of ether oxygens (including phenoxy) is 1. The molecule has 0 aromatic heterocycles. The molecule has 1 aromatic carbocycles. The number of amides is 2. The normalized spacial score (nSPS) is 9.64. The number of halogens is 2. The molecular formula is C14H21Cl2N3O3. The lowest BCUT2D eigenvalue weighted by atomic mass is 10.2. The summed E-state index contributed by atoms with van der Waals surface area (Å²) in [7, 11) is 3.19. The van der Waals surface area contributed by atoms with Crippen LogP contribution in [0.5, 0.6) is 5.75 Å². The highest BCUT2D eigenvalue weighted by Crippen LogP contribution is 2.30. The maximum Gasteiger partial charge on any atom is 0.233 e. The van der Waals surface area contributed by atoms with E-state index in [1.165, 1.54) is 7.11 Å². The fourth-order valence-electron chi connectivity index (χ4n) is 1.68. The number of aryl methyl sites for hydroxylation is 1. The molecular weight excluding hydrogens is 329 g/mol. The van der Waals surface area contributed by atoms with Crippen LogP contribution in [0.15, 0.2) is 12.1 Å². The topological polar surface area (TPSA) is 79.5 Å². The largest absolute Gasteiger partial charge is 0.495 e. The van der Waals surface area contributed by atoms with Crippen molar-refractivity contribution in [2.45, 2.75) is 13.3 Å². The van der Waals surface area contributed by atoms with E-state index < -0.39 is 0 Å². The van der Waals surface area contributed by atoms with Crippen LogP contribution in [0.25, 0.3) is 0 Å². The van der Waals surface area contributed by atoms with Crippen LogP contribution in [0.4, 0.5) is 5.69 Å². The lowest BCUT2D eigenvalue weighted by Crippen LogP contribution is -2.34. The zero-order valence-corrected chi connectivity index (χ0v) is 14.4. The molecule has 1 aromatic rings. The van der Waals surface area contributed by atoms with E-state index in [-0.39, 0.29) is 43.7 Å². The Hall–Kier alpha value is -1.50. The number of hydrogen-bond donors (Lipinski definition) is 3. The Morgan fingerprint density at radius 1 is 1.27 bits per heavy atom. The fraction of sp³-hybridized carbons (Fsp3) is 0.429. The van der Waals surface area contributed by atoms with Gasteiger partial charge in [0.05, 0.1) is 19.3 Å². The fourth-order valence-corrected chi connectivity index (χ4v) is 1.83. The Bertz CT molecular complexity index is 524. The Kier molecular flexibility index (Phi) is 9.56. The molecule has 0 aliphatic rings. The minimum atomic E-state index is -0.209. The van der Waals surface area contributed by atoms with Gasteiger partial charge in [0.15, 0.2) is 0 Å². The van der Waals surface area contributed by atoms with Crippen molar-refractivity contribution in [3.8, 4) is 5.75 Å². The van der Waals surface area contributed by atoms with E-state index in [1.54, 1.807) is 19.2 Å². The molecule has 0 unspecified atom stereocenters. The van der Waals surface area contributed by atoms with Crippen molar-refractivity contribution in [3.63, 3.8) is 0 Å². The number of carbonyl (C=O) groups excluding carboxylic acids is 2. The Balaban J connectivity index is 0.00000441. The van der Waals surface area contributed by atoms with Gasteiger partial charge in [0.2, 0.25) is 11.8 Å². The van der Waals surface area contributed by atoms with Crippen molar-refractivity contribution >= 4 is 41.5 Å². The van der Waals surface area contributed by atoms with Crippen LogP contribution in [0.2, 0.25) is 5.02 Å². The third kappa shape index (κ3) is 6.51. The van der Waals surface area contributed by atoms with E-state index in [0.717, 1.165) is 5.56 Å². The average molecular weight is 350 g/mol. The third-order valence-electron chi connectivity index (χ3n) is 2.77. The molecule has 3 N–H and O–H groups in total. The van der Waals surface area contributed by atoms with Crippen molar-refractivity contribution in [1.29, 1.82) is 0 Å². The van der Waals surface area contributed by atoms with E-state index in [9.17, 15) is 9.59 Å². The molecule has 2 amide bonds. The van der Waals surface area contributed by atoms with Gasteiger partial charge in [0.25, 0.3) is 0 Å². The molecule has 0 bridgehead atoms. The molecule has 0 fully saturated rings. The average Bonchev–Trinajstić information content (AvgIpc) is 2.43. The standard InChI is InChI=1S/C14H20ClN3O3.ClH/c1-9-6-11(12(21-3)7-10(9)15)18-13(19)4-5-17-14(20)8-16-2;/h6-7,16H,4-5,8H2,1-3H3,(H,17,20)(H,18,19);1H. The first kappa shape index (κ1) is 20.5. The summed E-state index contributed by atoms with van der Waals surface area (Å²) in [5.74, 6) is 0.142. The summed E-state index contributed by atoms with van der Waals surface area (Å²) in [6, 6.07) is 3.40. The molecule has 22 heavy (non-hydrogen) atoms. The SMILES string of the molecule is CNCC(=O)NCCC(=O)Nc1cc(C)c(Cl)cc1OC.Cl. The van der Waals surface area contributed by atoms with Crippen molar-refractivity contribution in [1.82, 2.24) is 10.6 Å². The molecule has 8 heteroatoms. The second-order valence-electron chi connectivity index (χ2n) is 4.48. The monoisotopic (exact) mass is 349 g/mol. The summed E-state index contributed by atoms with van der Waals surface area (Å²) >= 11 is 6.00. The molecule has 6 nitrogen and oxygen atoms in total. The molecule has 0 spiro atoms.